The zero-order valence-electron chi connectivity index (χ0n) is 10.3. The van der Waals surface area contributed by atoms with Crippen LogP contribution in [-0.2, 0) is 10.3 Å². The molecule has 4 nitrogen and oxygen atoms in total. The fraction of sp³-hybridized carbons (Fsp3) is 0.600. The molecule has 0 spiro atoms. The van der Waals surface area contributed by atoms with Crippen molar-refractivity contribution in [1.29, 1.82) is 0 Å². The van der Waals surface area contributed by atoms with Gasteiger partial charge in [-0.25, -0.2) is 4.98 Å². The van der Waals surface area contributed by atoms with Crippen molar-refractivity contribution >= 4 is 42.1 Å². The van der Waals surface area contributed by atoms with Gasteiger partial charge in [0, 0.05) is 11.1 Å². The molecule has 1 amide bonds. The van der Waals surface area contributed by atoms with E-state index in [9.17, 15) is 4.79 Å². The van der Waals surface area contributed by atoms with Crippen LogP contribution < -0.4 is 11.1 Å². The molecule has 0 bridgehead atoms. The second kappa shape index (κ2) is 7.16. The number of carbonyl (C=O) groups is 1. The lowest BCUT2D eigenvalue weighted by atomic mass is 10.1. The standard InChI is InChI=1S/C10H17N3OS.2ClH/c1-6-5-15-9(12-6)10(3,4)13-8(14)7(2)11;;/h5,7H,11H2,1-4H3,(H,13,14);2*1H. The summed E-state index contributed by atoms with van der Waals surface area (Å²) in [4.78, 5) is 15.8. The maximum Gasteiger partial charge on any atom is 0.237 e. The van der Waals surface area contributed by atoms with Crippen LogP contribution in [0.3, 0.4) is 0 Å². The first-order chi connectivity index (χ1) is 6.83. The molecule has 1 aromatic rings. The van der Waals surface area contributed by atoms with E-state index >= 15 is 0 Å². The lowest BCUT2D eigenvalue weighted by Gasteiger charge is -2.24. The van der Waals surface area contributed by atoms with Gasteiger partial charge in [0.05, 0.1) is 11.6 Å². The summed E-state index contributed by atoms with van der Waals surface area (Å²) in [7, 11) is 0. The van der Waals surface area contributed by atoms with Crippen LogP contribution in [0.2, 0.25) is 0 Å². The molecule has 1 unspecified atom stereocenters. The molecule has 1 atom stereocenters. The van der Waals surface area contributed by atoms with Gasteiger partial charge in [-0.1, -0.05) is 0 Å². The van der Waals surface area contributed by atoms with Crippen molar-refractivity contribution in [2.75, 3.05) is 0 Å². The Kier molecular flexibility index (Phi) is 8.00. The van der Waals surface area contributed by atoms with Crippen molar-refractivity contribution in [2.24, 2.45) is 5.73 Å². The molecular formula is C10H19Cl2N3OS. The van der Waals surface area contributed by atoms with Crippen molar-refractivity contribution in [3.05, 3.63) is 16.1 Å². The van der Waals surface area contributed by atoms with Gasteiger partial charge in [0.25, 0.3) is 0 Å². The lowest BCUT2D eigenvalue weighted by Crippen LogP contribution is -2.47. The molecule has 1 aromatic heterocycles. The highest BCUT2D eigenvalue weighted by molar-refractivity contribution is 7.09. The second-order valence-corrected chi connectivity index (χ2v) is 5.06. The molecule has 0 saturated heterocycles. The van der Waals surface area contributed by atoms with E-state index in [2.05, 4.69) is 10.3 Å². The highest BCUT2D eigenvalue weighted by atomic mass is 35.5. The van der Waals surface area contributed by atoms with Crippen molar-refractivity contribution < 1.29 is 4.79 Å². The molecule has 0 saturated carbocycles. The maximum atomic E-state index is 11.5. The van der Waals surface area contributed by atoms with Crippen molar-refractivity contribution in [2.45, 2.75) is 39.3 Å². The molecule has 3 N–H and O–H groups in total. The van der Waals surface area contributed by atoms with Gasteiger partial charge in [0.1, 0.15) is 5.01 Å². The number of hydrogen-bond acceptors (Lipinski definition) is 4. The first-order valence-corrected chi connectivity index (χ1v) is 5.71. The molecule has 17 heavy (non-hydrogen) atoms. The topological polar surface area (TPSA) is 68.0 Å². The molecule has 0 aliphatic heterocycles. The zero-order valence-corrected chi connectivity index (χ0v) is 12.8. The van der Waals surface area contributed by atoms with Gasteiger partial charge in [0.2, 0.25) is 5.91 Å². The molecule has 0 aromatic carbocycles. The van der Waals surface area contributed by atoms with Crippen LogP contribution in [-0.4, -0.2) is 16.9 Å². The van der Waals surface area contributed by atoms with Gasteiger partial charge in [-0.2, -0.15) is 0 Å². The van der Waals surface area contributed by atoms with Crippen molar-refractivity contribution in [3.63, 3.8) is 0 Å². The maximum absolute atomic E-state index is 11.5. The molecule has 0 aliphatic carbocycles. The van der Waals surface area contributed by atoms with E-state index in [1.165, 1.54) is 0 Å². The number of amides is 1. The van der Waals surface area contributed by atoms with Gasteiger partial charge >= 0.3 is 0 Å². The van der Waals surface area contributed by atoms with Crippen LogP contribution in [0.5, 0.6) is 0 Å². The van der Waals surface area contributed by atoms with Crippen LogP contribution in [0.25, 0.3) is 0 Å². The Balaban J connectivity index is 0. The zero-order chi connectivity index (χ0) is 11.6. The van der Waals surface area contributed by atoms with Crippen molar-refractivity contribution in [3.8, 4) is 0 Å². The Bertz CT molecular complexity index is 366. The number of nitrogens with zero attached hydrogens (tertiary/aromatic N) is 1. The predicted molar refractivity (Wildman–Crippen MR) is 76.2 cm³/mol. The average Bonchev–Trinajstić information content (AvgIpc) is 2.51. The summed E-state index contributed by atoms with van der Waals surface area (Å²) in [5.74, 6) is -0.159. The van der Waals surface area contributed by atoms with E-state index in [1.807, 2.05) is 26.2 Å². The molecule has 100 valence electrons. The second-order valence-electron chi connectivity index (χ2n) is 4.20. The fourth-order valence-corrected chi connectivity index (χ4v) is 1.99. The molecule has 0 aliphatic rings. The Hall–Kier alpha value is -0.360. The normalized spacial score (nSPS) is 12.1. The Morgan fingerprint density at radius 1 is 1.53 bits per heavy atom. The van der Waals surface area contributed by atoms with Gasteiger partial charge in [-0.3, -0.25) is 4.79 Å². The van der Waals surface area contributed by atoms with E-state index < -0.39 is 11.6 Å². The lowest BCUT2D eigenvalue weighted by molar-refractivity contribution is -0.123. The number of aryl methyl sites for hydroxylation is 1. The molecule has 0 radical (unpaired) electrons. The number of thiazole rings is 1. The highest BCUT2D eigenvalue weighted by Gasteiger charge is 2.26. The smallest absolute Gasteiger partial charge is 0.237 e. The molecule has 7 heteroatoms. The number of carbonyl (C=O) groups excluding carboxylic acids is 1. The number of hydrogen-bond donors (Lipinski definition) is 2. The first kappa shape index (κ1) is 19.0. The quantitative estimate of drug-likeness (QED) is 0.897. The van der Waals surface area contributed by atoms with Crippen LogP contribution in [0.1, 0.15) is 31.5 Å². The third-order valence-corrected chi connectivity index (χ3v) is 3.29. The van der Waals surface area contributed by atoms with E-state index in [0.717, 1.165) is 10.7 Å². The van der Waals surface area contributed by atoms with Crippen molar-refractivity contribution in [1.82, 2.24) is 10.3 Å². The summed E-state index contributed by atoms with van der Waals surface area (Å²) in [6.07, 6.45) is 0. The van der Waals surface area contributed by atoms with E-state index in [-0.39, 0.29) is 30.7 Å². The van der Waals surface area contributed by atoms with E-state index in [4.69, 9.17) is 5.73 Å². The van der Waals surface area contributed by atoms with Gasteiger partial charge < -0.3 is 11.1 Å². The Labute approximate surface area is 118 Å². The van der Waals surface area contributed by atoms with Crippen LogP contribution >= 0.6 is 36.2 Å². The summed E-state index contributed by atoms with van der Waals surface area (Å²) in [5, 5.41) is 5.73. The average molecular weight is 300 g/mol. The van der Waals surface area contributed by atoms with E-state index in [0.29, 0.717) is 0 Å². The van der Waals surface area contributed by atoms with Crippen LogP contribution in [0.4, 0.5) is 0 Å². The molecule has 0 fully saturated rings. The van der Waals surface area contributed by atoms with Crippen LogP contribution in [0, 0.1) is 6.92 Å². The summed E-state index contributed by atoms with van der Waals surface area (Å²) in [5.41, 5.74) is 6.01. The number of nitrogens with one attached hydrogen (secondary N) is 1. The number of aromatic nitrogens is 1. The Morgan fingerprint density at radius 3 is 2.41 bits per heavy atom. The minimum Gasteiger partial charge on any atom is -0.343 e. The SMILES string of the molecule is Cc1csc(C(C)(C)NC(=O)C(C)N)n1.Cl.Cl. The highest BCUT2D eigenvalue weighted by Crippen LogP contribution is 2.23. The largest absolute Gasteiger partial charge is 0.343 e. The first-order valence-electron chi connectivity index (χ1n) is 4.83. The number of nitrogens with two attached hydrogens (primary N) is 1. The third kappa shape index (κ3) is 5.21. The molecule has 1 heterocycles. The van der Waals surface area contributed by atoms with Gasteiger partial charge in [-0.05, 0) is 27.7 Å². The van der Waals surface area contributed by atoms with Crippen LogP contribution in [0.15, 0.2) is 5.38 Å². The fourth-order valence-electron chi connectivity index (χ4n) is 1.12. The number of rotatable bonds is 3. The summed E-state index contributed by atoms with van der Waals surface area (Å²) in [6.45, 7) is 7.44. The third-order valence-electron chi connectivity index (χ3n) is 2.00. The molecular weight excluding hydrogens is 281 g/mol. The van der Waals surface area contributed by atoms with E-state index in [1.54, 1.807) is 18.3 Å². The summed E-state index contributed by atoms with van der Waals surface area (Å²) >= 11 is 1.54. The van der Waals surface area contributed by atoms with Gasteiger partial charge in [-0.15, -0.1) is 36.2 Å². The molecule has 1 rings (SSSR count). The predicted octanol–water partition coefficient (Wildman–Crippen LogP) is 1.99. The van der Waals surface area contributed by atoms with Gasteiger partial charge in [0.15, 0.2) is 0 Å². The minimum atomic E-state index is -0.495. The summed E-state index contributed by atoms with van der Waals surface area (Å²) in [6, 6.07) is -0.495. The number of halogens is 2. The monoisotopic (exact) mass is 299 g/mol. The Morgan fingerprint density at radius 2 is 2.06 bits per heavy atom. The summed E-state index contributed by atoms with van der Waals surface area (Å²) < 4.78 is 0. The minimum absolute atomic E-state index is 0.